The lowest BCUT2D eigenvalue weighted by atomic mass is 9.93. The fraction of sp³-hybridized carbons (Fsp3) is 0.417. The molecule has 1 amide bonds. The molecule has 0 saturated carbocycles. The van der Waals surface area contributed by atoms with E-state index in [9.17, 15) is 4.79 Å². The number of aryl methyl sites for hydroxylation is 1. The van der Waals surface area contributed by atoms with Gasteiger partial charge in [-0.2, -0.15) is 0 Å². The van der Waals surface area contributed by atoms with Gasteiger partial charge in [-0.1, -0.05) is 45.8 Å². The molecule has 0 fully saturated rings. The van der Waals surface area contributed by atoms with Crippen molar-refractivity contribution in [1.82, 2.24) is 5.32 Å². The number of benzene rings is 1. The van der Waals surface area contributed by atoms with Crippen molar-refractivity contribution in [3.63, 3.8) is 0 Å². The molecule has 0 bridgehead atoms. The van der Waals surface area contributed by atoms with Crippen LogP contribution in [0, 0.1) is 6.92 Å². The van der Waals surface area contributed by atoms with Gasteiger partial charge in [-0.3, -0.25) is 4.79 Å². The molecule has 0 atom stereocenters. The lowest BCUT2D eigenvalue weighted by molar-refractivity contribution is -0.120. The Balaban J connectivity index is 2.85. The monoisotopic (exact) mass is 269 g/mol. The van der Waals surface area contributed by atoms with Crippen LogP contribution >= 0.6 is 15.9 Å². The minimum atomic E-state index is -0.321. The molecule has 2 nitrogen and oxygen atoms in total. The Morgan fingerprint density at radius 2 is 1.87 bits per heavy atom. The number of nitrogens with one attached hydrogen (secondary N) is 1. The lowest BCUT2D eigenvalue weighted by Crippen LogP contribution is -2.41. The SMILES string of the molecule is Cc1ccc(C(C)(C)NC(=O)CBr)cc1. The molecular formula is C12H16BrNO. The molecule has 0 saturated heterocycles. The third-order valence-corrected chi connectivity index (χ3v) is 2.86. The Kier molecular flexibility index (Phi) is 3.91. The van der Waals surface area contributed by atoms with Crippen molar-refractivity contribution in [3.8, 4) is 0 Å². The lowest BCUT2D eigenvalue weighted by Gasteiger charge is -2.26. The fourth-order valence-electron chi connectivity index (χ4n) is 1.42. The largest absolute Gasteiger partial charge is 0.346 e. The van der Waals surface area contributed by atoms with Gasteiger partial charge < -0.3 is 5.32 Å². The second-order valence-electron chi connectivity index (χ2n) is 4.17. The fourth-order valence-corrected chi connectivity index (χ4v) is 1.56. The second-order valence-corrected chi connectivity index (χ2v) is 4.73. The van der Waals surface area contributed by atoms with E-state index in [0.717, 1.165) is 5.56 Å². The molecule has 15 heavy (non-hydrogen) atoms. The number of halogens is 1. The number of rotatable bonds is 3. The molecular weight excluding hydrogens is 254 g/mol. The van der Waals surface area contributed by atoms with E-state index >= 15 is 0 Å². The van der Waals surface area contributed by atoms with Crippen LogP contribution in [0.2, 0.25) is 0 Å². The minimum Gasteiger partial charge on any atom is -0.346 e. The number of carbonyl (C=O) groups excluding carboxylic acids is 1. The number of alkyl halides is 1. The predicted molar refractivity (Wildman–Crippen MR) is 66.1 cm³/mol. The van der Waals surface area contributed by atoms with E-state index in [0.29, 0.717) is 5.33 Å². The van der Waals surface area contributed by atoms with Gasteiger partial charge in [0.25, 0.3) is 0 Å². The average molecular weight is 270 g/mol. The molecule has 82 valence electrons. The van der Waals surface area contributed by atoms with Crippen molar-refractivity contribution in [2.75, 3.05) is 5.33 Å². The van der Waals surface area contributed by atoms with Gasteiger partial charge in [-0.15, -0.1) is 0 Å². The number of hydrogen-bond acceptors (Lipinski definition) is 1. The van der Waals surface area contributed by atoms with Crippen LogP contribution in [0.4, 0.5) is 0 Å². The quantitative estimate of drug-likeness (QED) is 0.841. The van der Waals surface area contributed by atoms with Crippen molar-refractivity contribution in [3.05, 3.63) is 35.4 Å². The van der Waals surface area contributed by atoms with Crippen LogP contribution < -0.4 is 5.32 Å². The molecule has 3 heteroatoms. The number of amides is 1. The van der Waals surface area contributed by atoms with Gasteiger partial charge in [0.1, 0.15) is 0 Å². The van der Waals surface area contributed by atoms with Crippen LogP contribution in [0.15, 0.2) is 24.3 Å². The van der Waals surface area contributed by atoms with Gasteiger partial charge in [0.2, 0.25) is 5.91 Å². The van der Waals surface area contributed by atoms with Crippen LogP contribution in [0.1, 0.15) is 25.0 Å². The summed E-state index contributed by atoms with van der Waals surface area (Å²) in [6.07, 6.45) is 0. The third-order valence-electron chi connectivity index (χ3n) is 2.35. The Morgan fingerprint density at radius 3 is 2.33 bits per heavy atom. The van der Waals surface area contributed by atoms with Crippen molar-refractivity contribution in [1.29, 1.82) is 0 Å². The van der Waals surface area contributed by atoms with Crippen molar-refractivity contribution < 1.29 is 4.79 Å². The zero-order chi connectivity index (χ0) is 11.5. The molecule has 1 N–H and O–H groups in total. The van der Waals surface area contributed by atoms with Gasteiger partial charge in [0, 0.05) is 0 Å². The van der Waals surface area contributed by atoms with Gasteiger partial charge in [-0.05, 0) is 26.3 Å². The van der Waals surface area contributed by atoms with Crippen molar-refractivity contribution in [2.45, 2.75) is 26.3 Å². The summed E-state index contributed by atoms with van der Waals surface area (Å²) >= 11 is 3.14. The summed E-state index contributed by atoms with van der Waals surface area (Å²) in [7, 11) is 0. The highest BCUT2D eigenvalue weighted by Gasteiger charge is 2.21. The summed E-state index contributed by atoms with van der Waals surface area (Å²) in [5.41, 5.74) is 2.02. The second kappa shape index (κ2) is 4.79. The molecule has 0 unspecified atom stereocenters. The molecule has 0 aliphatic heterocycles. The predicted octanol–water partition coefficient (Wildman–Crippen LogP) is 2.74. The summed E-state index contributed by atoms with van der Waals surface area (Å²) in [6, 6.07) is 8.20. The normalized spacial score (nSPS) is 11.2. The van der Waals surface area contributed by atoms with Gasteiger partial charge in [-0.25, -0.2) is 0 Å². The first-order valence-electron chi connectivity index (χ1n) is 4.90. The molecule has 0 aliphatic carbocycles. The van der Waals surface area contributed by atoms with E-state index in [4.69, 9.17) is 0 Å². The molecule has 0 radical (unpaired) electrons. The van der Waals surface area contributed by atoms with Gasteiger partial charge >= 0.3 is 0 Å². The van der Waals surface area contributed by atoms with E-state index in [1.807, 2.05) is 32.9 Å². The highest BCUT2D eigenvalue weighted by atomic mass is 79.9. The smallest absolute Gasteiger partial charge is 0.231 e. The topological polar surface area (TPSA) is 29.1 Å². The van der Waals surface area contributed by atoms with Crippen LogP contribution in [0.25, 0.3) is 0 Å². The Hall–Kier alpha value is -0.830. The van der Waals surface area contributed by atoms with E-state index in [-0.39, 0.29) is 11.4 Å². The molecule has 1 rings (SSSR count). The van der Waals surface area contributed by atoms with Crippen LogP contribution in [0.3, 0.4) is 0 Å². The Labute approximate surface area is 99.2 Å². The molecule has 1 aromatic carbocycles. The van der Waals surface area contributed by atoms with Gasteiger partial charge in [0.15, 0.2) is 0 Å². The van der Waals surface area contributed by atoms with E-state index in [1.165, 1.54) is 5.56 Å². The first-order valence-corrected chi connectivity index (χ1v) is 6.02. The van der Waals surface area contributed by atoms with E-state index in [1.54, 1.807) is 0 Å². The van der Waals surface area contributed by atoms with Crippen LogP contribution in [-0.2, 0) is 10.3 Å². The van der Waals surface area contributed by atoms with Crippen molar-refractivity contribution in [2.24, 2.45) is 0 Å². The summed E-state index contributed by atoms with van der Waals surface area (Å²) in [4.78, 5) is 11.3. The van der Waals surface area contributed by atoms with E-state index in [2.05, 4.69) is 33.4 Å². The van der Waals surface area contributed by atoms with E-state index < -0.39 is 0 Å². The first kappa shape index (κ1) is 12.2. The maximum atomic E-state index is 11.3. The molecule has 0 aromatic heterocycles. The molecule has 0 heterocycles. The summed E-state index contributed by atoms with van der Waals surface area (Å²) in [5, 5.41) is 3.29. The van der Waals surface area contributed by atoms with Gasteiger partial charge in [0.05, 0.1) is 10.9 Å². The van der Waals surface area contributed by atoms with Crippen LogP contribution in [-0.4, -0.2) is 11.2 Å². The molecule has 1 aromatic rings. The average Bonchev–Trinajstić information content (AvgIpc) is 2.17. The summed E-state index contributed by atoms with van der Waals surface area (Å²) in [5.74, 6) is 0.000532. The first-order chi connectivity index (χ1) is 6.95. The summed E-state index contributed by atoms with van der Waals surface area (Å²) in [6.45, 7) is 6.05. The summed E-state index contributed by atoms with van der Waals surface area (Å²) < 4.78 is 0. The maximum Gasteiger partial charge on any atom is 0.231 e. The zero-order valence-electron chi connectivity index (χ0n) is 9.30. The standard InChI is InChI=1S/C12H16BrNO/c1-9-4-6-10(7-5-9)12(2,3)14-11(15)8-13/h4-7H,8H2,1-3H3,(H,14,15). The zero-order valence-corrected chi connectivity index (χ0v) is 10.9. The Morgan fingerprint density at radius 1 is 1.33 bits per heavy atom. The highest BCUT2D eigenvalue weighted by Crippen LogP contribution is 2.20. The molecule has 0 spiro atoms. The number of hydrogen-bond donors (Lipinski definition) is 1. The van der Waals surface area contributed by atoms with Crippen LogP contribution in [0.5, 0.6) is 0 Å². The third kappa shape index (κ3) is 3.34. The van der Waals surface area contributed by atoms with Crippen molar-refractivity contribution >= 4 is 21.8 Å². The maximum absolute atomic E-state index is 11.3. The number of carbonyl (C=O) groups is 1. The minimum absolute atomic E-state index is 0.000532. The Bertz CT molecular complexity index is 343. The molecule has 0 aliphatic rings. The highest BCUT2D eigenvalue weighted by molar-refractivity contribution is 9.09.